The lowest BCUT2D eigenvalue weighted by Gasteiger charge is -2.36. The third-order valence-corrected chi connectivity index (χ3v) is 3.79. The average molecular weight is 332 g/mol. The van der Waals surface area contributed by atoms with E-state index in [1.165, 1.54) is 6.07 Å². The molecule has 0 bridgehead atoms. The fraction of sp³-hybridized carbons (Fsp3) is 0.600. The van der Waals surface area contributed by atoms with Gasteiger partial charge in [0.15, 0.2) is 0 Å². The summed E-state index contributed by atoms with van der Waals surface area (Å²) in [6.07, 6.45) is 0.617. The first kappa shape index (κ1) is 16.6. The van der Waals surface area contributed by atoms with Crippen LogP contribution in [0.15, 0.2) is 22.7 Å². The number of rotatable bonds is 5. The van der Waals surface area contributed by atoms with Gasteiger partial charge in [-0.3, -0.25) is 0 Å². The van der Waals surface area contributed by atoms with Gasteiger partial charge in [0.25, 0.3) is 0 Å². The monoisotopic (exact) mass is 331 g/mol. The summed E-state index contributed by atoms with van der Waals surface area (Å²) >= 11 is 3.27. The molecule has 0 saturated carbocycles. The van der Waals surface area contributed by atoms with Gasteiger partial charge in [-0.1, -0.05) is 42.8 Å². The molecule has 19 heavy (non-hydrogen) atoms. The maximum Gasteiger partial charge on any atom is 0.127 e. The lowest BCUT2D eigenvalue weighted by molar-refractivity contribution is -0.00937. The van der Waals surface area contributed by atoms with Gasteiger partial charge in [-0.15, -0.1) is 0 Å². The van der Waals surface area contributed by atoms with Gasteiger partial charge in [-0.2, -0.15) is 0 Å². The van der Waals surface area contributed by atoms with E-state index in [0.29, 0.717) is 12.0 Å². The van der Waals surface area contributed by atoms with Crippen molar-refractivity contribution in [1.29, 1.82) is 0 Å². The first-order chi connectivity index (χ1) is 8.79. The highest BCUT2D eigenvalue weighted by Gasteiger charge is 2.32. The number of halogens is 2. The molecule has 0 aliphatic heterocycles. The number of hydrogen-bond acceptors (Lipinski definition) is 2. The molecular weight excluding hydrogens is 309 g/mol. The summed E-state index contributed by atoms with van der Waals surface area (Å²) in [6, 6.07) is 5.25. The molecule has 0 amide bonds. The Balaban J connectivity index is 2.92. The Hall–Kier alpha value is -0.450. The minimum absolute atomic E-state index is 0.00569. The van der Waals surface area contributed by atoms with Gasteiger partial charge < -0.3 is 10.1 Å². The molecule has 4 heteroatoms. The Kier molecular flexibility index (Phi) is 5.96. The predicted octanol–water partition coefficient (Wildman–Crippen LogP) is 3.78. The fourth-order valence-corrected chi connectivity index (χ4v) is 2.74. The Morgan fingerprint density at radius 3 is 2.42 bits per heavy atom. The zero-order chi connectivity index (χ0) is 14.6. The molecule has 0 saturated heterocycles. The fourth-order valence-electron chi connectivity index (χ4n) is 2.41. The van der Waals surface area contributed by atoms with E-state index in [-0.39, 0.29) is 23.4 Å². The highest BCUT2D eigenvalue weighted by molar-refractivity contribution is 9.10. The van der Waals surface area contributed by atoms with Gasteiger partial charge >= 0.3 is 0 Å². The van der Waals surface area contributed by atoms with Crippen LogP contribution in [0.2, 0.25) is 0 Å². The van der Waals surface area contributed by atoms with Gasteiger partial charge in [0, 0.05) is 17.6 Å². The molecule has 2 nitrogen and oxygen atoms in total. The van der Waals surface area contributed by atoms with Crippen LogP contribution in [0.4, 0.5) is 4.39 Å². The molecule has 1 aromatic carbocycles. The van der Waals surface area contributed by atoms with Crippen LogP contribution in [-0.4, -0.2) is 26.3 Å². The highest BCUT2D eigenvalue weighted by atomic mass is 79.9. The smallest absolute Gasteiger partial charge is 0.127 e. The van der Waals surface area contributed by atoms with Crippen molar-refractivity contribution in [2.24, 2.45) is 5.41 Å². The highest BCUT2D eigenvalue weighted by Crippen LogP contribution is 2.27. The molecule has 0 aliphatic carbocycles. The topological polar surface area (TPSA) is 21.3 Å². The Bertz CT molecular complexity index is 417. The summed E-state index contributed by atoms with van der Waals surface area (Å²) in [5.41, 5.74) is 0.697. The van der Waals surface area contributed by atoms with E-state index in [1.54, 1.807) is 7.11 Å². The van der Waals surface area contributed by atoms with Crippen LogP contribution >= 0.6 is 15.9 Å². The van der Waals surface area contributed by atoms with E-state index in [1.807, 2.05) is 19.2 Å². The predicted molar refractivity (Wildman–Crippen MR) is 80.9 cm³/mol. The molecule has 2 atom stereocenters. The number of benzene rings is 1. The van der Waals surface area contributed by atoms with E-state index in [0.717, 1.165) is 4.47 Å². The largest absolute Gasteiger partial charge is 0.379 e. The number of hydrogen-bond donors (Lipinski definition) is 1. The van der Waals surface area contributed by atoms with Gasteiger partial charge in [0.2, 0.25) is 0 Å². The number of ether oxygens (including phenoxy) is 1. The molecule has 1 rings (SSSR count). The second kappa shape index (κ2) is 6.82. The zero-order valence-corrected chi connectivity index (χ0v) is 13.8. The molecule has 0 aliphatic rings. The standard InChI is InChI=1S/C15H23BrFNO/c1-15(2,3)14(19-5)13(18-4)8-10-6-7-11(16)9-12(10)17/h6-7,9,13-14,18H,8H2,1-5H3. The molecule has 108 valence electrons. The average Bonchev–Trinajstić information content (AvgIpc) is 2.30. The summed E-state index contributed by atoms with van der Waals surface area (Å²) in [4.78, 5) is 0. The number of likely N-dealkylation sites (N-methyl/N-ethyl adjacent to an activating group) is 1. The minimum Gasteiger partial charge on any atom is -0.379 e. The quantitative estimate of drug-likeness (QED) is 0.886. The third-order valence-electron chi connectivity index (χ3n) is 3.30. The molecule has 0 aromatic heterocycles. The number of nitrogens with one attached hydrogen (secondary N) is 1. The molecule has 0 fully saturated rings. The normalized spacial score (nSPS) is 15.3. The van der Waals surface area contributed by atoms with Crippen molar-refractivity contribution < 1.29 is 9.13 Å². The second-order valence-electron chi connectivity index (χ2n) is 5.86. The molecule has 0 spiro atoms. The van der Waals surface area contributed by atoms with Crippen LogP contribution in [0.5, 0.6) is 0 Å². The Labute approximate surface area is 123 Å². The van der Waals surface area contributed by atoms with Crippen molar-refractivity contribution in [3.05, 3.63) is 34.1 Å². The van der Waals surface area contributed by atoms with Crippen molar-refractivity contribution in [3.63, 3.8) is 0 Å². The van der Waals surface area contributed by atoms with Crippen molar-refractivity contribution in [1.82, 2.24) is 5.32 Å². The maximum atomic E-state index is 13.9. The Morgan fingerprint density at radius 1 is 1.37 bits per heavy atom. The first-order valence-electron chi connectivity index (χ1n) is 6.43. The van der Waals surface area contributed by atoms with Gasteiger partial charge in [-0.25, -0.2) is 4.39 Å². The maximum absolute atomic E-state index is 13.9. The summed E-state index contributed by atoms with van der Waals surface area (Å²) in [7, 11) is 3.59. The molecular formula is C15H23BrFNO. The van der Waals surface area contributed by atoms with E-state index >= 15 is 0 Å². The molecule has 0 heterocycles. The summed E-state index contributed by atoms with van der Waals surface area (Å²) in [5, 5.41) is 3.25. The van der Waals surface area contributed by atoms with Crippen molar-refractivity contribution in [2.45, 2.75) is 39.3 Å². The van der Waals surface area contributed by atoms with Crippen LogP contribution in [-0.2, 0) is 11.2 Å². The van der Waals surface area contributed by atoms with Gasteiger partial charge in [-0.05, 0) is 36.6 Å². The van der Waals surface area contributed by atoms with Gasteiger partial charge in [0.1, 0.15) is 5.82 Å². The van der Waals surface area contributed by atoms with Crippen molar-refractivity contribution in [2.75, 3.05) is 14.2 Å². The van der Waals surface area contributed by atoms with Gasteiger partial charge in [0.05, 0.1) is 6.10 Å². The summed E-state index contributed by atoms with van der Waals surface area (Å²) in [5.74, 6) is -0.182. The van der Waals surface area contributed by atoms with Crippen LogP contribution in [0.25, 0.3) is 0 Å². The third kappa shape index (κ3) is 4.55. The second-order valence-corrected chi connectivity index (χ2v) is 6.77. The van der Waals surface area contributed by atoms with Crippen LogP contribution in [0, 0.1) is 11.2 Å². The summed E-state index contributed by atoms with van der Waals surface area (Å²) in [6.45, 7) is 6.39. The van der Waals surface area contributed by atoms with Crippen LogP contribution < -0.4 is 5.32 Å². The van der Waals surface area contributed by atoms with E-state index in [4.69, 9.17) is 4.74 Å². The van der Waals surface area contributed by atoms with E-state index in [2.05, 4.69) is 42.0 Å². The Morgan fingerprint density at radius 2 is 2.00 bits per heavy atom. The summed E-state index contributed by atoms with van der Waals surface area (Å²) < 4.78 is 20.3. The zero-order valence-electron chi connectivity index (χ0n) is 12.3. The van der Waals surface area contributed by atoms with Crippen molar-refractivity contribution in [3.8, 4) is 0 Å². The SMILES string of the molecule is CNC(Cc1ccc(Br)cc1F)C(OC)C(C)(C)C. The molecule has 1 N–H and O–H groups in total. The lowest BCUT2D eigenvalue weighted by Crippen LogP contribution is -2.47. The van der Waals surface area contributed by atoms with Crippen LogP contribution in [0.1, 0.15) is 26.3 Å². The van der Waals surface area contributed by atoms with E-state index < -0.39 is 0 Å². The molecule has 1 aromatic rings. The molecule has 0 radical (unpaired) electrons. The molecule has 2 unspecified atom stereocenters. The number of methoxy groups -OCH3 is 1. The first-order valence-corrected chi connectivity index (χ1v) is 7.23. The van der Waals surface area contributed by atoms with Crippen LogP contribution in [0.3, 0.4) is 0 Å². The lowest BCUT2D eigenvalue weighted by atomic mass is 9.82. The minimum atomic E-state index is -0.182. The van der Waals surface area contributed by atoms with E-state index in [9.17, 15) is 4.39 Å². The van der Waals surface area contributed by atoms with Crippen molar-refractivity contribution >= 4 is 15.9 Å².